The highest BCUT2D eigenvalue weighted by molar-refractivity contribution is 7.87. The highest BCUT2D eigenvalue weighted by Gasteiger charge is 2.35. The van der Waals surface area contributed by atoms with Crippen LogP contribution in [-0.2, 0) is 29.2 Å². The molecule has 17 heavy (non-hydrogen) atoms. The summed E-state index contributed by atoms with van der Waals surface area (Å²) in [7, 11) is -4.71. The Morgan fingerprint density at radius 3 is 2.41 bits per heavy atom. The Kier molecular flexibility index (Phi) is 6.44. The van der Waals surface area contributed by atoms with E-state index < -0.39 is 33.7 Å². The summed E-state index contributed by atoms with van der Waals surface area (Å²) in [5.74, 6) is -2.13. The minimum absolute atomic E-state index is 0.0629. The van der Waals surface area contributed by atoms with Crippen LogP contribution in [-0.4, -0.2) is 43.4 Å². The fourth-order valence-corrected chi connectivity index (χ4v) is 1.57. The van der Waals surface area contributed by atoms with Gasteiger partial charge in [-0.2, -0.15) is 8.42 Å². The van der Waals surface area contributed by atoms with Gasteiger partial charge in [-0.15, -0.1) is 0 Å². The van der Waals surface area contributed by atoms with Gasteiger partial charge in [-0.05, 0) is 6.92 Å². The first-order chi connectivity index (χ1) is 7.82. The summed E-state index contributed by atoms with van der Waals surface area (Å²) in [6, 6.07) is 0. The maximum absolute atomic E-state index is 11.2. The molecular formula is C9H14O7S. The molecule has 0 fully saturated rings. The Hall–Kier alpha value is -1.41. The zero-order valence-electron chi connectivity index (χ0n) is 9.29. The van der Waals surface area contributed by atoms with Crippen molar-refractivity contribution in [3.63, 3.8) is 0 Å². The summed E-state index contributed by atoms with van der Waals surface area (Å²) in [6.45, 7) is 4.58. The average molecular weight is 266 g/mol. The van der Waals surface area contributed by atoms with Crippen molar-refractivity contribution in [2.24, 2.45) is 0 Å². The van der Waals surface area contributed by atoms with E-state index in [1.807, 2.05) is 0 Å². The van der Waals surface area contributed by atoms with Crippen LogP contribution in [0.1, 0.15) is 13.3 Å². The number of hydrogen-bond donors (Lipinski definition) is 1. The lowest BCUT2D eigenvalue weighted by atomic mass is 10.3. The summed E-state index contributed by atoms with van der Waals surface area (Å²) in [4.78, 5) is 22.3. The van der Waals surface area contributed by atoms with Crippen LogP contribution in [0.2, 0.25) is 0 Å². The molecule has 0 saturated carbocycles. The third-order valence-corrected chi connectivity index (χ3v) is 2.70. The van der Waals surface area contributed by atoms with Gasteiger partial charge in [0.25, 0.3) is 10.1 Å². The molecule has 1 N–H and O–H groups in total. The fraction of sp³-hybridized carbons (Fsp3) is 0.556. The van der Waals surface area contributed by atoms with Crippen molar-refractivity contribution in [2.45, 2.75) is 18.6 Å². The second kappa shape index (κ2) is 7.02. The molecule has 0 aromatic carbocycles. The Labute approximate surface area is 99.1 Å². The van der Waals surface area contributed by atoms with E-state index in [0.29, 0.717) is 0 Å². The molecule has 0 aliphatic rings. The Balaban J connectivity index is 4.67. The van der Waals surface area contributed by atoms with Gasteiger partial charge in [0.15, 0.2) is 5.25 Å². The van der Waals surface area contributed by atoms with Crippen molar-refractivity contribution < 1.29 is 32.0 Å². The van der Waals surface area contributed by atoms with Gasteiger partial charge in [-0.3, -0.25) is 14.1 Å². The highest BCUT2D eigenvalue weighted by Crippen LogP contribution is 2.08. The Morgan fingerprint density at radius 1 is 1.41 bits per heavy atom. The number of carbonyl (C=O) groups is 2. The van der Waals surface area contributed by atoms with Gasteiger partial charge in [0.2, 0.25) is 0 Å². The van der Waals surface area contributed by atoms with E-state index in [2.05, 4.69) is 16.1 Å². The van der Waals surface area contributed by atoms with Crippen LogP contribution in [0.3, 0.4) is 0 Å². The van der Waals surface area contributed by atoms with Gasteiger partial charge in [0.1, 0.15) is 6.61 Å². The van der Waals surface area contributed by atoms with Gasteiger partial charge >= 0.3 is 11.9 Å². The monoisotopic (exact) mass is 266 g/mol. The smallest absolute Gasteiger partial charge is 0.327 e. The highest BCUT2D eigenvalue weighted by atomic mass is 32.2. The zero-order chi connectivity index (χ0) is 13.5. The van der Waals surface area contributed by atoms with Crippen LogP contribution in [0.5, 0.6) is 0 Å². The lowest BCUT2D eigenvalue weighted by Crippen LogP contribution is -2.34. The molecule has 8 heteroatoms. The molecule has 0 amide bonds. The van der Waals surface area contributed by atoms with Crippen LogP contribution in [0, 0.1) is 0 Å². The fourth-order valence-electron chi connectivity index (χ4n) is 0.908. The number of ether oxygens (including phenoxy) is 2. The first kappa shape index (κ1) is 15.6. The van der Waals surface area contributed by atoms with Crippen molar-refractivity contribution in [3.05, 3.63) is 12.7 Å². The molecule has 0 radical (unpaired) electrons. The Bertz CT molecular complexity index is 384. The molecule has 0 heterocycles. The van der Waals surface area contributed by atoms with E-state index in [4.69, 9.17) is 4.55 Å². The van der Waals surface area contributed by atoms with E-state index >= 15 is 0 Å². The molecule has 0 bridgehead atoms. The van der Waals surface area contributed by atoms with E-state index in [0.717, 1.165) is 0 Å². The molecule has 0 aromatic rings. The Morgan fingerprint density at radius 2 is 2.00 bits per heavy atom. The first-order valence-corrected chi connectivity index (χ1v) is 6.22. The largest absolute Gasteiger partial charge is 0.465 e. The molecule has 0 rings (SSSR count). The van der Waals surface area contributed by atoms with Crippen molar-refractivity contribution in [1.82, 2.24) is 0 Å². The van der Waals surface area contributed by atoms with Gasteiger partial charge in [0, 0.05) is 0 Å². The molecule has 1 atom stereocenters. The van der Waals surface area contributed by atoms with Crippen LogP contribution < -0.4 is 0 Å². The van der Waals surface area contributed by atoms with Crippen molar-refractivity contribution in [1.29, 1.82) is 0 Å². The van der Waals surface area contributed by atoms with E-state index in [1.165, 1.54) is 13.0 Å². The van der Waals surface area contributed by atoms with Crippen LogP contribution in [0.15, 0.2) is 12.7 Å². The minimum Gasteiger partial charge on any atom is -0.465 e. The number of hydrogen-bond acceptors (Lipinski definition) is 6. The molecule has 0 saturated heterocycles. The second-order valence-electron chi connectivity index (χ2n) is 2.93. The van der Waals surface area contributed by atoms with Crippen LogP contribution in [0.25, 0.3) is 0 Å². The molecule has 0 aliphatic carbocycles. The lowest BCUT2D eigenvalue weighted by Gasteiger charge is -2.11. The predicted octanol–water partition coefficient (Wildman–Crippen LogP) is -0.0748. The SMILES string of the molecule is C=CCOC(=O)CC(C(=O)OCC)S(=O)(=O)O. The quantitative estimate of drug-likeness (QED) is 0.390. The van der Waals surface area contributed by atoms with Gasteiger partial charge < -0.3 is 9.47 Å². The number of rotatable bonds is 7. The minimum atomic E-state index is -4.71. The van der Waals surface area contributed by atoms with Gasteiger partial charge in [0.05, 0.1) is 13.0 Å². The third-order valence-electron chi connectivity index (χ3n) is 1.62. The van der Waals surface area contributed by atoms with E-state index in [-0.39, 0.29) is 13.2 Å². The molecule has 0 spiro atoms. The number of esters is 2. The van der Waals surface area contributed by atoms with Crippen molar-refractivity contribution in [3.8, 4) is 0 Å². The standard InChI is InChI=1S/C9H14O7S/c1-3-5-16-8(10)6-7(17(12,13)14)9(11)15-4-2/h3,7H,1,4-6H2,2H3,(H,12,13,14). The predicted molar refractivity (Wildman–Crippen MR) is 57.7 cm³/mol. The van der Waals surface area contributed by atoms with Crippen molar-refractivity contribution >= 4 is 22.1 Å². The molecule has 7 nitrogen and oxygen atoms in total. The summed E-state index contributed by atoms with van der Waals surface area (Å²) < 4.78 is 39.5. The average Bonchev–Trinajstić information content (AvgIpc) is 2.21. The third kappa shape index (κ3) is 6.03. The van der Waals surface area contributed by atoms with Crippen LogP contribution in [0.4, 0.5) is 0 Å². The summed E-state index contributed by atoms with van der Waals surface area (Å²) in [6.07, 6.45) is 0.482. The summed E-state index contributed by atoms with van der Waals surface area (Å²) in [5.41, 5.74) is 0. The summed E-state index contributed by atoms with van der Waals surface area (Å²) in [5, 5.41) is -1.96. The van der Waals surface area contributed by atoms with E-state index in [9.17, 15) is 18.0 Å². The molecule has 1 unspecified atom stereocenters. The molecule has 98 valence electrons. The van der Waals surface area contributed by atoms with Crippen molar-refractivity contribution in [2.75, 3.05) is 13.2 Å². The molecular weight excluding hydrogens is 252 g/mol. The normalized spacial score (nSPS) is 12.6. The first-order valence-electron chi connectivity index (χ1n) is 4.72. The van der Waals surface area contributed by atoms with Gasteiger partial charge in [-0.25, -0.2) is 0 Å². The topological polar surface area (TPSA) is 107 Å². The van der Waals surface area contributed by atoms with E-state index in [1.54, 1.807) is 0 Å². The zero-order valence-corrected chi connectivity index (χ0v) is 10.1. The van der Waals surface area contributed by atoms with Crippen LogP contribution >= 0.6 is 0 Å². The molecule has 0 aromatic heterocycles. The maximum Gasteiger partial charge on any atom is 0.327 e. The van der Waals surface area contributed by atoms with Gasteiger partial charge in [-0.1, -0.05) is 12.7 Å². The lowest BCUT2D eigenvalue weighted by molar-refractivity contribution is -0.149. The molecule has 0 aliphatic heterocycles. The maximum atomic E-state index is 11.2. The summed E-state index contributed by atoms with van der Waals surface area (Å²) >= 11 is 0. The number of carbonyl (C=O) groups excluding carboxylic acids is 2. The second-order valence-corrected chi connectivity index (χ2v) is 4.53.